The van der Waals surface area contributed by atoms with Crippen molar-refractivity contribution >= 4 is 30.1 Å². The van der Waals surface area contributed by atoms with Crippen molar-refractivity contribution in [2.75, 3.05) is 0 Å². The first kappa shape index (κ1) is 11.8. The van der Waals surface area contributed by atoms with E-state index in [1.807, 2.05) is 19.1 Å². The predicted octanol–water partition coefficient (Wildman–Crippen LogP) is 3.51. The average Bonchev–Trinajstić information content (AvgIpc) is 3.09. The monoisotopic (exact) mass is 288 g/mol. The van der Waals surface area contributed by atoms with Gasteiger partial charge in [-0.05, 0) is 37.4 Å². The summed E-state index contributed by atoms with van der Waals surface area (Å²) in [6.45, 7) is -1.77. The molecule has 4 rings (SSSR count). The third kappa shape index (κ3) is 1.40. The van der Waals surface area contributed by atoms with Crippen molar-refractivity contribution in [2.45, 2.75) is 6.92 Å². The number of hydrogen-bond acceptors (Lipinski definition) is 1. The smallest absolute Gasteiger partial charge is 0.396 e. The number of nitrogens with zero attached hydrogens (tertiary/aromatic N) is 2. The Morgan fingerprint density at radius 3 is 2.85 bits per heavy atom. The van der Waals surface area contributed by atoms with Gasteiger partial charge >= 0.3 is 6.97 Å². The van der Waals surface area contributed by atoms with Crippen LogP contribution in [0.3, 0.4) is 0 Å². The molecule has 0 bridgehead atoms. The zero-order valence-electron chi connectivity index (χ0n) is 10.8. The topological polar surface area (TPSA) is 7.94 Å². The molecule has 6 heteroatoms. The number of hydrogen-bond donors (Lipinski definition) is 0. The summed E-state index contributed by atoms with van der Waals surface area (Å²) >= 11 is 1.63. The van der Waals surface area contributed by atoms with Crippen LogP contribution in [0.25, 0.3) is 5.57 Å². The number of aromatic nitrogens is 1. The largest absolute Gasteiger partial charge is 0.737 e. The summed E-state index contributed by atoms with van der Waals surface area (Å²) in [5.41, 5.74) is 2.05. The van der Waals surface area contributed by atoms with Crippen LogP contribution >= 0.6 is 11.3 Å². The minimum atomic E-state index is -3.79. The van der Waals surface area contributed by atoms with E-state index in [1.165, 1.54) is 17.3 Å². The zero-order chi connectivity index (χ0) is 13.9. The predicted molar refractivity (Wildman–Crippen MR) is 78.3 cm³/mol. The van der Waals surface area contributed by atoms with E-state index in [9.17, 15) is 8.63 Å². The molecular formula is C14H11BF2N2S. The highest BCUT2D eigenvalue weighted by atomic mass is 32.1. The average molecular weight is 288 g/mol. The fraction of sp³-hybridized carbons (Fsp3) is 0.0714. The highest BCUT2D eigenvalue weighted by Crippen LogP contribution is 2.40. The van der Waals surface area contributed by atoms with Gasteiger partial charge in [0, 0.05) is 27.6 Å². The molecule has 0 N–H and O–H groups in total. The summed E-state index contributed by atoms with van der Waals surface area (Å²) < 4.78 is 31.2. The van der Waals surface area contributed by atoms with Crippen LogP contribution in [0.2, 0.25) is 0 Å². The van der Waals surface area contributed by atoms with E-state index in [4.69, 9.17) is 0 Å². The van der Waals surface area contributed by atoms with Crippen LogP contribution in [0.5, 0.6) is 0 Å². The molecule has 0 saturated heterocycles. The molecule has 0 fully saturated rings. The molecule has 2 aromatic heterocycles. The number of aryl methyl sites for hydroxylation is 1. The van der Waals surface area contributed by atoms with Gasteiger partial charge in [-0.1, -0.05) is 0 Å². The second-order valence-electron chi connectivity index (χ2n) is 4.98. The van der Waals surface area contributed by atoms with Gasteiger partial charge in [0.15, 0.2) is 5.70 Å². The van der Waals surface area contributed by atoms with Crippen LogP contribution in [-0.2, 0) is 0 Å². The van der Waals surface area contributed by atoms with Crippen LogP contribution in [-0.4, -0.2) is 22.1 Å². The van der Waals surface area contributed by atoms with Crippen LogP contribution in [0.4, 0.5) is 8.63 Å². The lowest BCUT2D eigenvalue weighted by molar-refractivity contribution is -0.356. The van der Waals surface area contributed by atoms with Crippen molar-refractivity contribution in [1.82, 2.24) is 4.48 Å². The van der Waals surface area contributed by atoms with E-state index in [1.54, 1.807) is 35.6 Å². The first-order valence-electron chi connectivity index (χ1n) is 6.40. The Bertz CT molecular complexity index is 811. The maximum absolute atomic E-state index is 14.5. The lowest BCUT2D eigenvalue weighted by atomic mass is 9.88. The quantitative estimate of drug-likeness (QED) is 0.710. The molecule has 100 valence electrons. The molecule has 2 aromatic rings. The fourth-order valence-corrected chi connectivity index (χ4v) is 3.77. The van der Waals surface area contributed by atoms with Gasteiger partial charge in [-0.3, -0.25) is 0 Å². The van der Waals surface area contributed by atoms with E-state index >= 15 is 0 Å². The summed E-state index contributed by atoms with van der Waals surface area (Å²) in [6.07, 6.45) is 6.35. The Balaban J connectivity index is 2.07. The number of allylic oxidation sites excluding steroid dienone is 2. The maximum Gasteiger partial charge on any atom is 0.737 e. The lowest BCUT2D eigenvalue weighted by Gasteiger charge is -2.30. The zero-order valence-corrected chi connectivity index (χ0v) is 11.6. The van der Waals surface area contributed by atoms with Crippen LogP contribution in [0.1, 0.15) is 15.4 Å². The van der Waals surface area contributed by atoms with Gasteiger partial charge in [0.2, 0.25) is 0 Å². The van der Waals surface area contributed by atoms with Crippen molar-refractivity contribution in [3.63, 3.8) is 0 Å². The Morgan fingerprint density at radius 2 is 2.10 bits per heavy atom. The fourth-order valence-electron chi connectivity index (χ4n) is 2.84. The van der Waals surface area contributed by atoms with E-state index in [0.29, 0.717) is 11.4 Å². The van der Waals surface area contributed by atoms with Gasteiger partial charge in [-0.2, -0.15) is 0 Å². The molecule has 0 atom stereocenters. The third-order valence-corrected chi connectivity index (χ3v) is 4.74. The highest BCUT2D eigenvalue weighted by molar-refractivity contribution is 7.13. The van der Waals surface area contributed by atoms with Gasteiger partial charge in [0.1, 0.15) is 6.21 Å². The minimum Gasteiger partial charge on any atom is -0.396 e. The SMILES string of the molecule is Cc1ccc(C2=C3C=CC=[N+]3[B-](F)(F)n3cccc32)s1. The normalized spacial score (nSPS) is 19.1. The molecule has 4 heterocycles. The second kappa shape index (κ2) is 3.79. The molecule has 0 aliphatic carbocycles. The number of fused-ring (bicyclic) bond motifs is 2. The molecule has 0 aromatic carbocycles. The van der Waals surface area contributed by atoms with Crippen molar-refractivity contribution in [2.24, 2.45) is 0 Å². The molecular weight excluding hydrogens is 277 g/mol. The molecule has 0 radical (unpaired) electrons. The van der Waals surface area contributed by atoms with Crippen molar-refractivity contribution in [3.05, 3.63) is 63.8 Å². The Kier molecular flexibility index (Phi) is 2.25. The van der Waals surface area contributed by atoms with Crippen molar-refractivity contribution < 1.29 is 13.1 Å². The lowest BCUT2D eigenvalue weighted by Crippen LogP contribution is -2.49. The molecule has 0 saturated carbocycles. The molecule has 0 amide bonds. The standard InChI is InChI=1S/C14H11BF2N2S/c1-10-6-7-13(20-10)14-11-4-2-8-18(11)15(16,17)19-9-3-5-12(14)19/h2-9H,1H3. The molecule has 0 spiro atoms. The molecule has 2 nitrogen and oxygen atoms in total. The third-order valence-electron chi connectivity index (χ3n) is 3.73. The number of thiophene rings is 1. The van der Waals surface area contributed by atoms with E-state index < -0.39 is 6.97 Å². The second-order valence-corrected chi connectivity index (χ2v) is 6.26. The first-order chi connectivity index (χ1) is 9.59. The summed E-state index contributed by atoms with van der Waals surface area (Å²) in [5, 5.41) is 0. The maximum atomic E-state index is 14.5. The molecule has 0 unspecified atom stereocenters. The van der Waals surface area contributed by atoms with Gasteiger partial charge in [0.05, 0.1) is 5.57 Å². The Hall–Kier alpha value is -1.95. The van der Waals surface area contributed by atoms with Crippen molar-refractivity contribution in [3.8, 4) is 0 Å². The summed E-state index contributed by atoms with van der Waals surface area (Å²) in [4.78, 5) is 2.19. The van der Waals surface area contributed by atoms with E-state index in [2.05, 4.69) is 0 Å². The van der Waals surface area contributed by atoms with Gasteiger partial charge in [-0.15, -0.1) is 11.3 Å². The summed E-state index contributed by atoms with van der Waals surface area (Å²) in [7, 11) is 0. The molecule has 2 aliphatic heterocycles. The van der Waals surface area contributed by atoms with Gasteiger partial charge in [0.25, 0.3) is 0 Å². The highest BCUT2D eigenvalue weighted by Gasteiger charge is 2.51. The van der Waals surface area contributed by atoms with E-state index in [0.717, 1.165) is 19.4 Å². The molecule has 20 heavy (non-hydrogen) atoms. The Labute approximate surface area is 119 Å². The summed E-state index contributed by atoms with van der Waals surface area (Å²) in [5.74, 6) is 0. The van der Waals surface area contributed by atoms with Crippen molar-refractivity contribution in [1.29, 1.82) is 0 Å². The van der Waals surface area contributed by atoms with Gasteiger partial charge in [-0.25, -0.2) is 0 Å². The van der Waals surface area contributed by atoms with Crippen LogP contribution in [0.15, 0.2) is 48.3 Å². The van der Waals surface area contributed by atoms with Crippen LogP contribution < -0.4 is 0 Å². The first-order valence-corrected chi connectivity index (χ1v) is 7.21. The number of rotatable bonds is 1. The minimum absolute atomic E-state index is 0.586. The van der Waals surface area contributed by atoms with E-state index in [-0.39, 0.29) is 0 Å². The number of halogens is 2. The molecule has 2 aliphatic rings. The summed E-state index contributed by atoms with van der Waals surface area (Å²) in [6, 6.07) is 7.46. The van der Waals surface area contributed by atoms with Gasteiger partial charge < -0.3 is 17.6 Å². The van der Waals surface area contributed by atoms with Crippen LogP contribution in [0, 0.1) is 6.92 Å². The Morgan fingerprint density at radius 1 is 1.25 bits per heavy atom.